The number of carbonyl (C=O) groups is 1. The quantitative estimate of drug-likeness (QED) is 0.651. The van der Waals surface area contributed by atoms with Crippen LogP contribution >= 0.6 is 11.6 Å². The third-order valence-corrected chi connectivity index (χ3v) is 4.94. The maximum absolute atomic E-state index is 12.8. The molecule has 2 heterocycles. The molecule has 0 bridgehead atoms. The van der Waals surface area contributed by atoms with Crippen molar-refractivity contribution in [3.63, 3.8) is 0 Å². The zero-order valence-electron chi connectivity index (χ0n) is 13.4. The molecule has 1 aliphatic heterocycles. The number of fused-ring (bicyclic) bond motifs is 1. The van der Waals surface area contributed by atoms with E-state index in [0.717, 1.165) is 35.2 Å². The first-order valence-electron chi connectivity index (χ1n) is 8.34. The first-order valence-corrected chi connectivity index (χ1v) is 8.72. The van der Waals surface area contributed by atoms with Gasteiger partial charge in [0.2, 0.25) is 0 Å². The first kappa shape index (κ1) is 15.4. The predicted octanol–water partition coefficient (Wildman–Crippen LogP) is 4.56. The molecule has 0 N–H and O–H groups in total. The average molecular weight is 339 g/mol. The number of likely N-dealkylation sites (tertiary alicyclic amines) is 1. The highest BCUT2D eigenvalue weighted by Gasteiger charge is 2.20. The van der Waals surface area contributed by atoms with E-state index >= 15 is 0 Å². The molecule has 1 aliphatic rings. The van der Waals surface area contributed by atoms with Gasteiger partial charge >= 0.3 is 0 Å². The maximum atomic E-state index is 12.8. The van der Waals surface area contributed by atoms with Crippen LogP contribution in [-0.4, -0.2) is 34.9 Å². The van der Waals surface area contributed by atoms with Crippen LogP contribution in [0.25, 0.3) is 16.6 Å². The SMILES string of the molecule is O=C(CN1CCCC1)c1cn(-c2ccc(Cl)cc2)c2ccccc12. The van der Waals surface area contributed by atoms with Gasteiger partial charge in [0.15, 0.2) is 5.78 Å². The molecule has 1 aromatic heterocycles. The van der Waals surface area contributed by atoms with E-state index in [4.69, 9.17) is 11.6 Å². The van der Waals surface area contributed by atoms with Gasteiger partial charge in [-0.3, -0.25) is 9.69 Å². The highest BCUT2D eigenvalue weighted by atomic mass is 35.5. The first-order chi connectivity index (χ1) is 11.7. The minimum atomic E-state index is 0.195. The Kier molecular flexibility index (Phi) is 4.13. The zero-order chi connectivity index (χ0) is 16.5. The van der Waals surface area contributed by atoms with E-state index in [9.17, 15) is 4.79 Å². The lowest BCUT2D eigenvalue weighted by Crippen LogP contribution is -2.26. The molecule has 24 heavy (non-hydrogen) atoms. The second kappa shape index (κ2) is 6.42. The highest BCUT2D eigenvalue weighted by Crippen LogP contribution is 2.26. The monoisotopic (exact) mass is 338 g/mol. The second-order valence-electron chi connectivity index (χ2n) is 6.31. The van der Waals surface area contributed by atoms with Gasteiger partial charge in [-0.2, -0.15) is 0 Å². The number of para-hydroxylation sites is 1. The van der Waals surface area contributed by atoms with Crippen LogP contribution in [0.5, 0.6) is 0 Å². The summed E-state index contributed by atoms with van der Waals surface area (Å²) in [5.74, 6) is 0.195. The summed E-state index contributed by atoms with van der Waals surface area (Å²) in [4.78, 5) is 15.1. The Morgan fingerprint density at radius 3 is 2.46 bits per heavy atom. The number of ketones is 1. The molecular formula is C20H19ClN2O. The third-order valence-electron chi connectivity index (χ3n) is 4.68. The van der Waals surface area contributed by atoms with Gasteiger partial charge in [0, 0.05) is 27.9 Å². The lowest BCUT2D eigenvalue weighted by Gasteiger charge is -2.12. The van der Waals surface area contributed by atoms with Crippen molar-refractivity contribution < 1.29 is 4.79 Å². The standard InChI is InChI=1S/C20H19ClN2O/c21-15-7-9-16(10-8-15)23-13-18(17-5-1-2-6-19(17)23)20(24)14-22-11-3-4-12-22/h1-2,5-10,13H,3-4,11-12,14H2. The Bertz CT molecular complexity index is 876. The smallest absolute Gasteiger partial charge is 0.178 e. The Morgan fingerprint density at radius 1 is 1.00 bits per heavy atom. The molecule has 1 fully saturated rings. The molecule has 1 saturated heterocycles. The van der Waals surface area contributed by atoms with Crippen molar-refractivity contribution in [1.29, 1.82) is 0 Å². The fourth-order valence-corrected chi connectivity index (χ4v) is 3.57. The van der Waals surface area contributed by atoms with Crippen molar-refractivity contribution in [2.24, 2.45) is 0 Å². The minimum Gasteiger partial charge on any atom is -0.316 e. The molecule has 0 unspecified atom stereocenters. The third kappa shape index (κ3) is 2.85. The van der Waals surface area contributed by atoms with Crippen molar-refractivity contribution in [3.05, 3.63) is 65.3 Å². The number of rotatable bonds is 4. The van der Waals surface area contributed by atoms with Crippen molar-refractivity contribution in [2.45, 2.75) is 12.8 Å². The zero-order valence-corrected chi connectivity index (χ0v) is 14.2. The summed E-state index contributed by atoms with van der Waals surface area (Å²) >= 11 is 6.00. The van der Waals surface area contributed by atoms with E-state index in [-0.39, 0.29) is 5.78 Å². The van der Waals surface area contributed by atoms with E-state index in [1.54, 1.807) is 0 Å². The molecule has 3 nitrogen and oxygen atoms in total. The summed E-state index contributed by atoms with van der Waals surface area (Å²) in [5, 5.41) is 1.72. The number of hydrogen-bond acceptors (Lipinski definition) is 2. The lowest BCUT2D eigenvalue weighted by molar-refractivity contribution is 0.0947. The van der Waals surface area contributed by atoms with Crippen LogP contribution in [0.4, 0.5) is 0 Å². The van der Waals surface area contributed by atoms with E-state index in [0.29, 0.717) is 11.6 Å². The fraction of sp³-hybridized carbons (Fsp3) is 0.250. The van der Waals surface area contributed by atoms with Crippen molar-refractivity contribution >= 4 is 28.3 Å². The average Bonchev–Trinajstić information content (AvgIpc) is 3.23. The Hall–Kier alpha value is -2.10. The van der Waals surface area contributed by atoms with Gasteiger partial charge in [-0.05, 0) is 56.3 Å². The topological polar surface area (TPSA) is 25.2 Å². The van der Waals surface area contributed by atoms with Crippen LogP contribution in [0.15, 0.2) is 54.7 Å². The number of benzene rings is 2. The van der Waals surface area contributed by atoms with Crippen LogP contribution in [0, 0.1) is 0 Å². The number of carbonyl (C=O) groups excluding carboxylic acids is 1. The Morgan fingerprint density at radius 2 is 1.71 bits per heavy atom. The predicted molar refractivity (Wildman–Crippen MR) is 98.3 cm³/mol. The molecule has 0 spiro atoms. The minimum absolute atomic E-state index is 0.195. The molecule has 0 atom stereocenters. The molecule has 0 radical (unpaired) electrons. The number of hydrogen-bond donors (Lipinski definition) is 0. The molecular weight excluding hydrogens is 320 g/mol. The van der Waals surface area contributed by atoms with Gasteiger partial charge < -0.3 is 4.57 Å². The van der Waals surface area contributed by atoms with Gasteiger partial charge in [0.25, 0.3) is 0 Å². The van der Waals surface area contributed by atoms with Crippen LogP contribution < -0.4 is 0 Å². The van der Waals surface area contributed by atoms with Gasteiger partial charge in [0.05, 0.1) is 12.1 Å². The van der Waals surface area contributed by atoms with E-state index in [1.165, 1.54) is 12.8 Å². The Labute approximate surface area is 146 Å². The van der Waals surface area contributed by atoms with E-state index in [2.05, 4.69) is 15.5 Å². The summed E-state index contributed by atoms with van der Waals surface area (Å²) in [6, 6.07) is 15.8. The van der Waals surface area contributed by atoms with E-state index < -0.39 is 0 Å². The molecule has 0 saturated carbocycles. The van der Waals surface area contributed by atoms with Crippen LogP contribution in [0.3, 0.4) is 0 Å². The van der Waals surface area contributed by atoms with Gasteiger partial charge in [0.1, 0.15) is 0 Å². The summed E-state index contributed by atoms with van der Waals surface area (Å²) in [6.07, 6.45) is 4.35. The summed E-state index contributed by atoms with van der Waals surface area (Å²) in [5.41, 5.74) is 2.85. The van der Waals surface area contributed by atoms with Gasteiger partial charge in [-0.25, -0.2) is 0 Å². The van der Waals surface area contributed by atoms with Crippen LogP contribution in [0.2, 0.25) is 5.02 Å². The molecule has 0 amide bonds. The largest absolute Gasteiger partial charge is 0.316 e. The van der Waals surface area contributed by atoms with Gasteiger partial charge in [-0.15, -0.1) is 0 Å². The number of halogens is 1. The number of nitrogens with zero attached hydrogens (tertiary/aromatic N) is 2. The molecule has 0 aliphatic carbocycles. The second-order valence-corrected chi connectivity index (χ2v) is 6.75. The molecule has 2 aromatic carbocycles. The summed E-state index contributed by atoms with van der Waals surface area (Å²) in [7, 11) is 0. The molecule has 4 rings (SSSR count). The summed E-state index contributed by atoms with van der Waals surface area (Å²) in [6.45, 7) is 2.57. The molecule has 4 heteroatoms. The fourth-order valence-electron chi connectivity index (χ4n) is 3.45. The van der Waals surface area contributed by atoms with Crippen molar-refractivity contribution in [1.82, 2.24) is 9.47 Å². The normalized spacial score (nSPS) is 15.2. The summed E-state index contributed by atoms with van der Waals surface area (Å²) < 4.78 is 2.07. The highest BCUT2D eigenvalue weighted by molar-refractivity contribution is 6.30. The van der Waals surface area contributed by atoms with E-state index in [1.807, 2.05) is 48.7 Å². The molecule has 122 valence electrons. The number of Topliss-reactive ketones (excluding diaryl/α,β-unsaturated/α-hetero) is 1. The van der Waals surface area contributed by atoms with Crippen molar-refractivity contribution in [3.8, 4) is 5.69 Å². The van der Waals surface area contributed by atoms with Crippen LogP contribution in [-0.2, 0) is 0 Å². The number of aromatic nitrogens is 1. The lowest BCUT2D eigenvalue weighted by atomic mass is 10.1. The van der Waals surface area contributed by atoms with Crippen LogP contribution in [0.1, 0.15) is 23.2 Å². The maximum Gasteiger partial charge on any atom is 0.178 e. The Balaban J connectivity index is 1.76. The van der Waals surface area contributed by atoms with Crippen molar-refractivity contribution in [2.75, 3.05) is 19.6 Å². The van der Waals surface area contributed by atoms with Gasteiger partial charge in [-0.1, -0.05) is 29.8 Å². The molecule has 3 aromatic rings.